The van der Waals surface area contributed by atoms with Crippen LogP contribution in [0.4, 0.5) is 10.1 Å². The summed E-state index contributed by atoms with van der Waals surface area (Å²) in [6, 6.07) is 16.2. The average molecular weight is 456 g/mol. The molecule has 5 heteroatoms. The quantitative estimate of drug-likeness (QED) is 0.361. The van der Waals surface area contributed by atoms with Crippen LogP contribution in [0.1, 0.15) is 29.2 Å². The van der Waals surface area contributed by atoms with Gasteiger partial charge in [0.25, 0.3) is 0 Å². The first-order valence-electron chi connectivity index (χ1n) is 9.41. The Morgan fingerprint density at radius 2 is 1.72 bits per heavy atom. The van der Waals surface area contributed by atoms with Crippen LogP contribution in [0, 0.1) is 19.7 Å². The predicted octanol–water partition coefficient (Wildman–Crippen LogP) is 6.93. The molecule has 29 heavy (non-hydrogen) atoms. The number of benzene rings is 3. The molecule has 3 aromatic rings. The van der Waals surface area contributed by atoms with Crippen LogP contribution in [0.25, 0.3) is 0 Å². The lowest BCUT2D eigenvalue weighted by Crippen LogP contribution is -2.01. The summed E-state index contributed by atoms with van der Waals surface area (Å²) < 4.78 is 25.6. The second kappa shape index (κ2) is 9.70. The molecule has 0 spiro atoms. The second-order valence-electron chi connectivity index (χ2n) is 6.70. The van der Waals surface area contributed by atoms with Gasteiger partial charge in [0.1, 0.15) is 12.4 Å². The molecule has 0 fully saturated rings. The summed E-state index contributed by atoms with van der Waals surface area (Å²) in [6.45, 7) is 6.91. The minimum absolute atomic E-state index is 0.266. The van der Waals surface area contributed by atoms with E-state index in [1.165, 1.54) is 23.3 Å². The highest BCUT2D eigenvalue weighted by atomic mass is 79.9. The fourth-order valence-electron chi connectivity index (χ4n) is 2.76. The molecule has 0 unspecified atom stereocenters. The number of aryl methyl sites for hydroxylation is 2. The van der Waals surface area contributed by atoms with E-state index in [4.69, 9.17) is 9.47 Å². The fourth-order valence-corrected chi connectivity index (χ4v) is 3.33. The summed E-state index contributed by atoms with van der Waals surface area (Å²) in [5, 5.41) is 0. The molecule has 0 N–H and O–H groups in total. The normalized spacial score (nSPS) is 11.1. The molecule has 3 rings (SSSR count). The van der Waals surface area contributed by atoms with Crippen LogP contribution in [0.15, 0.2) is 64.1 Å². The Labute approximate surface area is 179 Å². The van der Waals surface area contributed by atoms with Gasteiger partial charge in [-0.2, -0.15) is 0 Å². The minimum atomic E-state index is -0.266. The number of hydrogen-bond donors (Lipinski definition) is 0. The number of aliphatic imine (C=N–C) groups is 1. The molecular formula is C24H23BrFNO2. The lowest BCUT2D eigenvalue weighted by molar-refractivity contribution is 0.267. The van der Waals surface area contributed by atoms with Gasteiger partial charge in [-0.25, -0.2) is 4.39 Å². The Morgan fingerprint density at radius 1 is 0.966 bits per heavy atom. The first kappa shape index (κ1) is 21.1. The lowest BCUT2D eigenvalue weighted by Gasteiger charge is -2.14. The Bertz CT molecular complexity index is 1020. The van der Waals surface area contributed by atoms with E-state index in [0.717, 1.165) is 21.3 Å². The maximum Gasteiger partial charge on any atom is 0.175 e. The van der Waals surface area contributed by atoms with Gasteiger partial charge in [0.2, 0.25) is 0 Å². The SMILES string of the molecule is CCOc1cc(C=Nc2ccc(C)c(C)c2)cc(Br)c1OCc1ccc(F)cc1. The number of halogens is 2. The maximum absolute atomic E-state index is 13.1. The molecule has 0 aromatic heterocycles. The van der Waals surface area contributed by atoms with Crippen molar-refractivity contribution in [3.8, 4) is 11.5 Å². The molecule has 0 heterocycles. The smallest absolute Gasteiger partial charge is 0.175 e. The fraction of sp³-hybridized carbons (Fsp3) is 0.208. The van der Waals surface area contributed by atoms with Crippen LogP contribution in [-0.2, 0) is 6.61 Å². The summed E-state index contributed by atoms with van der Waals surface area (Å²) in [6.07, 6.45) is 1.81. The summed E-state index contributed by atoms with van der Waals surface area (Å²) in [4.78, 5) is 4.57. The zero-order chi connectivity index (χ0) is 20.8. The first-order valence-corrected chi connectivity index (χ1v) is 10.2. The summed E-state index contributed by atoms with van der Waals surface area (Å²) in [5.41, 5.74) is 5.13. The average Bonchev–Trinajstić information content (AvgIpc) is 2.70. The minimum Gasteiger partial charge on any atom is -0.490 e. The van der Waals surface area contributed by atoms with Crippen LogP contribution >= 0.6 is 15.9 Å². The Balaban J connectivity index is 1.82. The molecule has 0 aliphatic carbocycles. The summed E-state index contributed by atoms with van der Waals surface area (Å²) in [7, 11) is 0. The van der Waals surface area contributed by atoms with Gasteiger partial charge in [0.05, 0.1) is 16.8 Å². The van der Waals surface area contributed by atoms with Gasteiger partial charge in [-0.1, -0.05) is 18.2 Å². The van der Waals surface area contributed by atoms with Crippen molar-refractivity contribution >= 4 is 27.8 Å². The van der Waals surface area contributed by atoms with E-state index in [1.54, 1.807) is 18.3 Å². The van der Waals surface area contributed by atoms with Crippen molar-refractivity contribution in [3.05, 3.63) is 87.1 Å². The highest BCUT2D eigenvalue weighted by molar-refractivity contribution is 9.10. The third-order valence-corrected chi connectivity index (χ3v) is 5.07. The monoisotopic (exact) mass is 455 g/mol. The topological polar surface area (TPSA) is 30.8 Å². The van der Waals surface area contributed by atoms with Gasteiger partial charge in [-0.15, -0.1) is 0 Å². The van der Waals surface area contributed by atoms with Crippen LogP contribution < -0.4 is 9.47 Å². The first-order chi connectivity index (χ1) is 14.0. The molecule has 3 aromatic carbocycles. The second-order valence-corrected chi connectivity index (χ2v) is 7.56. The molecule has 0 aliphatic heterocycles. The van der Waals surface area contributed by atoms with E-state index >= 15 is 0 Å². The largest absolute Gasteiger partial charge is 0.490 e. The van der Waals surface area contributed by atoms with E-state index in [-0.39, 0.29) is 5.82 Å². The Morgan fingerprint density at radius 3 is 2.41 bits per heavy atom. The van der Waals surface area contributed by atoms with Crippen LogP contribution in [0.3, 0.4) is 0 Å². The molecule has 150 valence electrons. The van der Waals surface area contributed by atoms with Gasteiger partial charge in [-0.3, -0.25) is 4.99 Å². The van der Waals surface area contributed by atoms with Crippen LogP contribution in [0.5, 0.6) is 11.5 Å². The zero-order valence-corrected chi connectivity index (χ0v) is 18.3. The molecule has 0 bridgehead atoms. The Kier molecular flexibility index (Phi) is 7.04. The summed E-state index contributed by atoms with van der Waals surface area (Å²) >= 11 is 3.57. The van der Waals surface area contributed by atoms with E-state index in [1.807, 2.05) is 25.1 Å². The number of rotatable bonds is 7. The molecule has 3 nitrogen and oxygen atoms in total. The number of hydrogen-bond acceptors (Lipinski definition) is 3. The molecule has 0 saturated heterocycles. The van der Waals surface area contributed by atoms with Gasteiger partial charge < -0.3 is 9.47 Å². The third-order valence-electron chi connectivity index (χ3n) is 4.48. The third kappa shape index (κ3) is 5.67. The highest BCUT2D eigenvalue weighted by Crippen LogP contribution is 2.37. The lowest BCUT2D eigenvalue weighted by atomic mass is 10.1. The molecule has 0 amide bonds. The molecule has 0 aliphatic rings. The zero-order valence-electron chi connectivity index (χ0n) is 16.7. The number of ether oxygens (including phenoxy) is 2. The van der Waals surface area contributed by atoms with Crippen LogP contribution in [-0.4, -0.2) is 12.8 Å². The van der Waals surface area contributed by atoms with Crippen molar-refractivity contribution < 1.29 is 13.9 Å². The van der Waals surface area contributed by atoms with Crippen LogP contribution in [0.2, 0.25) is 0 Å². The highest BCUT2D eigenvalue weighted by Gasteiger charge is 2.12. The molecule has 0 saturated carbocycles. The van der Waals surface area contributed by atoms with Crippen molar-refractivity contribution in [2.24, 2.45) is 4.99 Å². The standard InChI is InChI=1S/C24H23BrFNO2/c1-4-28-23-13-19(14-27-21-10-5-16(2)17(3)11-21)12-22(25)24(23)29-15-18-6-8-20(26)9-7-18/h5-14H,4,15H2,1-3H3. The van der Waals surface area contributed by atoms with Gasteiger partial charge in [-0.05, 0) is 95.4 Å². The van der Waals surface area contributed by atoms with E-state index in [0.29, 0.717) is 24.7 Å². The van der Waals surface area contributed by atoms with Gasteiger partial charge in [0.15, 0.2) is 11.5 Å². The molecular weight excluding hydrogens is 433 g/mol. The van der Waals surface area contributed by atoms with E-state index in [2.05, 4.69) is 46.9 Å². The maximum atomic E-state index is 13.1. The summed E-state index contributed by atoms with van der Waals surface area (Å²) in [5.74, 6) is 0.974. The van der Waals surface area contributed by atoms with Crippen molar-refractivity contribution in [2.75, 3.05) is 6.61 Å². The van der Waals surface area contributed by atoms with E-state index in [9.17, 15) is 4.39 Å². The molecule has 0 atom stereocenters. The van der Waals surface area contributed by atoms with Crippen molar-refractivity contribution in [3.63, 3.8) is 0 Å². The predicted molar refractivity (Wildman–Crippen MR) is 119 cm³/mol. The number of nitrogens with zero attached hydrogens (tertiary/aromatic N) is 1. The van der Waals surface area contributed by atoms with Crippen molar-refractivity contribution in [1.29, 1.82) is 0 Å². The van der Waals surface area contributed by atoms with Gasteiger partial charge >= 0.3 is 0 Å². The van der Waals surface area contributed by atoms with Crippen molar-refractivity contribution in [1.82, 2.24) is 0 Å². The Hall–Kier alpha value is -2.66. The van der Waals surface area contributed by atoms with Gasteiger partial charge in [0, 0.05) is 6.21 Å². The molecule has 0 radical (unpaired) electrons. The van der Waals surface area contributed by atoms with Crippen molar-refractivity contribution in [2.45, 2.75) is 27.4 Å². The van der Waals surface area contributed by atoms with E-state index < -0.39 is 0 Å².